The molecule has 0 aliphatic carbocycles. The number of hydrogen-bond acceptors (Lipinski definition) is 5. The lowest BCUT2D eigenvalue weighted by atomic mass is 9.87. The maximum absolute atomic E-state index is 15.6. The van der Waals surface area contributed by atoms with Gasteiger partial charge < -0.3 is 25.5 Å². The van der Waals surface area contributed by atoms with Crippen molar-refractivity contribution < 1.29 is 14.2 Å². The molecule has 0 bridgehead atoms. The Morgan fingerprint density at radius 2 is 1.92 bits per heavy atom. The van der Waals surface area contributed by atoms with Gasteiger partial charge in [-0.3, -0.25) is 0 Å². The predicted octanol–water partition coefficient (Wildman–Crippen LogP) is 3.97. The summed E-state index contributed by atoms with van der Waals surface area (Å²) in [5.74, 6) is -0.257. The van der Waals surface area contributed by atoms with Gasteiger partial charge in [-0.1, -0.05) is 32.9 Å². The number of nitrogens with two attached hydrogens (primary N) is 1. The number of anilines is 1. The van der Waals surface area contributed by atoms with Gasteiger partial charge in [0, 0.05) is 34.3 Å². The van der Waals surface area contributed by atoms with Gasteiger partial charge in [-0.05, 0) is 72.6 Å². The van der Waals surface area contributed by atoms with Gasteiger partial charge in [-0.25, -0.2) is 9.38 Å². The van der Waals surface area contributed by atoms with Crippen molar-refractivity contribution in [2.75, 3.05) is 4.90 Å². The summed E-state index contributed by atoms with van der Waals surface area (Å²) in [6.07, 6.45) is 3.47. The summed E-state index contributed by atoms with van der Waals surface area (Å²) in [6, 6.07) is 12.1. The molecule has 2 aliphatic heterocycles. The summed E-state index contributed by atoms with van der Waals surface area (Å²) in [4.78, 5) is 9.40. The topological polar surface area (TPSA) is 86.9 Å². The lowest BCUT2D eigenvalue weighted by molar-refractivity contribution is 0.133. The van der Waals surface area contributed by atoms with Crippen molar-refractivity contribution in [2.24, 2.45) is 10.7 Å². The number of hydrogen-bond donors (Lipinski definition) is 3. The number of nitrogens with zero attached hydrogens (tertiary/aromatic N) is 2. The van der Waals surface area contributed by atoms with Crippen LogP contribution in [0.3, 0.4) is 0 Å². The number of aliphatic hydroxyl groups excluding tert-OH is 1. The summed E-state index contributed by atoms with van der Waals surface area (Å²) in [6.45, 7) is 9.23. The molecule has 7 heteroatoms. The van der Waals surface area contributed by atoms with Crippen molar-refractivity contribution in [3.63, 3.8) is 0 Å². The van der Waals surface area contributed by atoms with Crippen molar-refractivity contribution >= 4 is 11.9 Å². The number of halogens is 1. The second-order valence-corrected chi connectivity index (χ2v) is 11.0. The fourth-order valence-corrected chi connectivity index (χ4v) is 4.98. The molecule has 0 radical (unpaired) electrons. The molecule has 2 atom stereocenters. The van der Waals surface area contributed by atoms with Crippen LogP contribution >= 0.6 is 0 Å². The molecule has 2 aliphatic rings. The zero-order valence-corrected chi connectivity index (χ0v) is 21.4. The summed E-state index contributed by atoms with van der Waals surface area (Å²) >= 11 is 0. The number of ether oxygens (including phenoxy) is 1. The van der Waals surface area contributed by atoms with Crippen molar-refractivity contribution in [1.29, 1.82) is 0 Å². The van der Waals surface area contributed by atoms with E-state index in [0.717, 1.165) is 41.3 Å². The highest BCUT2D eigenvalue weighted by Gasteiger charge is 2.25. The van der Waals surface area contributed by atoms with E-state index in [4.69, 9.17) is 10.5 Å². The van der Waals surface area contributed by atoms with Gasteiger partial charge in [0.15, 0.2) is 0 Å². The van der Waals surface area contributed by atoms with Crippen LogP contribution < -0.4 is 21.3 Å². The number of aliphatic hydroxyl groups is 1. The molecule has 3 heterocycles. The van der Waals surface area contributed by atoms with Crippen LogP contribution in [-0.4, -0.2) is 22.5 Å². The maximum atomic E-state index is 15.6. The first kappa shape index (κ1) is 24.7. The zero-order chi connectivity index (χ0) is 25.6. The van der Waals surface area contributed by atoms with Crippen LogP contribution in [0.2, 0.25) is 0 Å². The highest BCUT2D eigenvalue weighted by atomic mass is 19.1. The Morgan fingerprint density at radius 3 is 2.61 bits per heavy atom. The van der Waals surface area contributed by atoms with E-state index < -0.39 is 6.35 Å². The molecular weight excluding hydrogens is 455 g/mol. The van der Waals surface area contributed by atoms with Gasteiger partial charge in [0.05, 0.1) is 18.9 Å². The molecule has 0 saturated carbocycles. The highest BCUT2D eigenvalue weighted by Crippen LogP contribution is 2.34. The lowest BCUT2D eigenvalue weighted by Gasteiger charge is -2.26. The van der Waals surface area contributed by atoms with E-state index in [2.05, 4.69) is 42.9 Å². The normalized spacial score (nSPS) is 17.9. The second kappa shape index (κ2) is 9.47. The van der Waals surface area contributed by atoms with Crippen molar-refractivity contribution in [3.8, 4) is 11.3 Å². The number of benzene rings is 2. The Kier molecular flexibility index (Phi) is 6.49. The molecule has 6 nitrogen and oxygen atoms in total. The SMILES string of the molecule is C[C@H](N)CCCc1cc(-c2cc3c([nH]2)=NC(O)N(c2ccc(C(C)(C)C)cc2)C=3)c(F)c2c1COC2. The molecule has 4 N–H and O–H groups in total. The number of H-pyrrole nitrogens is 1. The van der Waals surface area contributed by atoms with Crippen LogP contribution in [0.5, 0.6) is 0 Å². The van der Waals surface area contributed by atoms with Crippen molar-refractivity contribution in [1.82, 2.24) is 4.98 Å². The third-order valence-electron chi connectivity index (χ3n) is 7.09. The number of aromatic amines is 1. The van der Waals surface area contributed by atoms with Crippen LogP contribution in [0.4, 0.5) is 10.1 Å². The van der Waals surface area contributed by atoms with Crippen LogP contribution in [0.1, 0.15) is 62.8 Å². The molecule has 1 unspecified atom stereocenters. The fourth-order valence-electron chi connectivity index (χ4n) is 4.98. The molecule has 36 heavy (non-hydrogen) atoms. The number of nitrogens with one attached hydrogen (secondary N) is 1. The molecule has 2 aromatic carbocycles. The number of rotatable bonds is 6. The average Bonchev–Trinajstić information content (AvgIpc) is 3.47. The van der Waals surface area contributed by atoms with Crippen LogP contribution in [0.25, 0.3) is 17.5 Å². The summed E-state index contributed by atoms with van der Waals surface area (Å²) in [5, 5.41) is 11.5. The quantitative estimate of drug-likeness (QED) is 0.488. The van der Waals surface area contributed by atoms with Crippen LogP contribution in [-0.2, 0) is 29.8 Å². The summed E-state index contributed by atoms with van der Waals surface area (Å²) in [7, 11) is 0. The standard InChI is InChI=1S/C29H35FN4O2/c1-17(31)6-5-7-18-12-22(26(30)24-16-36-15-23(18)24)25-13-19-14-34(28(35)33-27(19)32-25)21-10-8-20(9-11-21)29(2,3)4/h8-14,17,28,35H,5-7,15-16,31H2,1-4H3,(H,32,33)/t17-,28?/m0/s1. The number of aromatic nitrogens is 1. The summed E-state index contributed by atoms with van der Waals surface area (Å²) < 4.78 is 21.2. The molecule has 3 aromatic rings. The van der Waals surface area contributed by atoms with Gasteiger partial charge in [-0.15, -0.1) is 0 Å². The zero-order valence-electron chi connectivity index (χ0n) is 21.4. The van der Waals surface area contributed by atoms with E-state index in [1.165, 1.54) is 5.56 Å². The number of aryl methyl sites for hydroxylation is 1. The molecule has 0 saturated heterocycles. The second-order valence-electron chi connectivity index (χ2n) is 11.0. The average molecular weight is 491 g/mol. The first-order valence-corrected chi connectivity index (χ1v) is 12.6. The van der Waals surface area contributed by atoms with Crippen molar-refractivity contribution in [3.05, 3.63) is 75.2 Å². The monoisotopic (exact) mass is 490 g/mol. The van der Waals surface area contributed by atoms with Gasteiger partial charge in [0.2, 0.25) is 6.35 Å². The van der Waals surface area contributed by atoms with Crippen LogP contribution in [0.15, 0.2) is 41.4 Å². The Bertz CT molecular complexity index is 1390. The maximum Gasteiger partial charge on any atom is 0.231 e. The fraction of sp³-hybridized carbons (Fsp3) is 0.414. The van der Waals surface area contributed by atoms with E-state index in [0.29, 0.717) is 28.9 Å². The van der Waals surface area contributed by atoms with Gasteiger partial charge >= 0.3 is 0 Å². The molecule has 190 valence electrons. The first-order valence-electron chi connectivity index (χ1n) is 12.6. The smallest absolute Gasteiger partial charge is 0.231 e. The van der Waals surface area contributed by atoms with Crippen LogP contribution in [0, 0.1) is 5.82 Å². The van der Waals surface area contributed by atoms with Crippen molar-refractivity contribution in [2.45, 2.75) is 78.0 Å². The molecular formula is C29H35FN4O2. The van der Waals surface area contributed by atoms with Gasteiger partial charge in [-0.2, -0.15) is 0 Å². The Hall–Kier alpha value is -3.00. The Morgan fingerprint density at radius 1 is 1.19 bits per heavy atom. The third kappa shape index (κ3) is 4.71. The van der Waals surface area contributed by atoms with E-state index >= 15 is 4.39 Å². The minimum absolute atomic E-state index is 0.0439. The highest BCUT2D eigenvalue weighted by molar-refractivity contribution is 5.67. The minimum Gasteiger partial charge on any atom is -0.372 e. The molecule has 1 aromatic heterocycles. The van der Waals surface area contributed by atoms with E-state index in [9.17, 15) is 5.11 Å². The Labute approximate surface area is 211 Å². The molecule has 0 spiro atoms. The largest absolute Gasteiger partial charge is 0.372 e. The molecule has 0 fully saturated rings. The molecule has 5 rings (SSSR count). The lowest BCUT2D eigenvalue weighted by Crippen LogP contribution is -2.41. The summed E-state index contributed by atoms with van der Waals surface area (Å²) in [5.41, 5.74) is 12.4. The minimum atomic E-state index is -1.07. The molecule has 0 amide bonds. The van der Waals surface area contributed by atoms with Gasteiger partial charge in [0.1, 0.15) is 11.3 Å². The predicted molar refractivity (Wildman–Crippen MR) is 140 cm³/mol. The van der Waals surface area contributed by atoms with E-state index in [1.807, 2.05) is 37.4 Å². The third-order valence-corrected chi connectivity index (χ3v) is 7.09. The first-order chi connectivity index (χ1) is 17.1. The van der Waals surface area contributed by atoms with E-state index in [1.54, 1.807) is 4.90 Å². The number of fused-ring (bicyclic) bond motifs is 2. The van der Waals surface area contributed by atoms with E-state index in [-0.39, 0.29) is 23.9 Å². The van der Waals surface area contributed by atoms with Gasteiger partial charge in [0.25, 0.3) is 0 Å². The Balaban J connectivity index is 1.50.